The molecule has 4 nitrogen and oxygen atoms in total. The molecule has 1 aliphatic rings. The number of hydrogen-bond donors (Lipinski definition) is 0. The van der Waals surface area contributed by atoms with Crippen molar-refractivity contribution in [2.45, 2.75) is 25.3 Å². The van der Waals surface area contributed by atoms with E-state index in [-0.39, 0.29) is 6.04 Å². The number of rotatable bonds is 2. The minimum atomic E-state index is -0.0126. The Hall–Kier alpha value is -0.580. The second-order valence-electron chi connectivity index (χ2n) is 3.17. The van der Waals surface area contributed by atoms with E-state index in [0.717, 1.165) is 28.7 Å². The van der Waals surface area contributed by atoms with Crippen LogP contribution in [0.15, 0.2) is 11.8 Å². The molecule has 0 aliphatic heterocycles. The van der Waals surface area contributed by atoms with E-state index in [4.69, 9.17) is 0 Å². The van der Waals surface area contributed by atoms with E-state index in [1.165, 1.54) is 14.1 Å². The Bertz CT molecular complexity index is 178. The van der Waals surface area contributed by atoms with Gasteiger partial charge in [0, 0.05) is 12.5 Å². The number of hydrogen-bond acceptors (Lipinski definition) is 4. The Morgan fingerprint density at radius 1 is 1.42 bits per heavy atom. The van der Waals surface area contributed by atoms with Gasteiger partial charge in [-0.15, -0.1) is 0 Å². The molecule has 0 N–H and O–H groups in total. The molecule has 0 saturated carbocycles. The SMILES string of the molecule is CN([O-])C1=CCCC(N(C)[O-])C1. The summed E-state index contributed by atoms with van der Waals surface area (Å²) in [7, 11) is 2.98. The van der Waals surface area contributed by atoms with Crippen LogP contribution in [0.5, 0.6) is 0 Å². The molecule has 12 heavy (non-hydrogen) atoms. The molecule has 0 spiro atoms. The maximum absolute atomic E-state index is 10.9. The summed E-state index contributed by atoms with van der Waals surface area (Å²) in [6.07, 6.45) is 4.18. The van der Waals surface area contributed by atoms with E-state index in [1.54, 1.807) is 0 Å². The van der Waals surface area contributed by atoms with Gasteiger partial charge in [-0.1, -0.05) is 6.08 Å². The van der Waals surface area contributed by atoms with Crippen LogP contribution in [0.3, 0.4) is 0 Å². The fourth-order valence-corrected chi connectivity index (χ4v) is 1.44. The largest absolute Gasteiger partial charge is 0.785 e. The maximum Gasteiger partial charge on any atom is 0.00297 e. The van der Waals surface area contributed by atoms with E-state index in [2.05, 4.69) is 0 Å². The molecule has 0 fully saturated rings. The van der Waals surface area contributed by atoms with Crippen LogP contribution >= 0.6 is 0 Å². The third-order valence-electron chi connectivity index (χ3n) is 2.24. The fourth-order valence-electron chi connectivity index (χ4n) is 1.44. The Labute approximate surface area is 72.6 Å². The van der Waals surface area contributed by atoms with Crippen LogP contribution in [-0.2, 0) is 0 Å². The third-order valence-corrected chi connectivity index (χ3v) is 2.24. The van der Waals surface area contributed by atoms with Gasteiger partial charge in [0.15, 0.2) is 0 Å². The molecular weight excluding hydrogens is 156 g/mol. The summed E-state index contributed by atoms with van der Waals surface area (Å²) < 4.78 is 0. The van der Waals surface area contributed by atoms with Crippen molar-refractivity contribution < 1.29 is 0 Å². The molecule has 4 heteroatoms. The molecule has 0 heterocycles. The first kappa shape index (κ1) is 9.51. The summed E-state index contributed by atoms with van der Waals surface area (Å²) in [5, 5.41) is 23.6. The Balaban J connectivity index is 2.53. The van der Waals surface area contributed by atoms with Crippen LogP contribution < -0.4 is 0 Å². The Morgan fingerprint density at radius 2 is 2.08 bits per heavy atom. The lowest BCUT2D eigenvalue weighted by Gasteiger charge is -2.40. The highest BCUT2D eigenvalue weighted by atomic mass is 16.5. The summed E-state index contributed by atoms with van der Waals surface area (Å²) in [5.41, 5.74) is 0.731. The first-order valence-electron chi connectivity index (χ1n) is 4.11. The van der Waals surface area contributed by atoms with Crippen molar-refractivity contribution in [3.05, 3.63) is 22.2 Å². The van der Waals surface area contributed by atoms with Gasteiger partial charge in [0.25, 0.3) is 0 Å². The second kappa shape index (κ2) is 3.89. The zero-order valence-corrected chi connectivity index (χ0v) is 7.49. The van der Waals surface area contributed by atoms with Gasteiger partial charge in [-0.25, -0.2) is 0 Å². The third kappa shape index (κ3) is 2.20. The smallest absolute Gasteiger partial charge is 0.00297 e. The van der Waals surface area contributed by atoms with Crippen molar-refractivity contribution in [3.63, 3.8) is 0 Å². The topological polar surface area (TPSA) is 52.6 Å². The summed E-state index contributed by atoms with van der Waals surface area (Å²) in [5.74, 6) is 0. The first-order valence-corrected chi connectivity index (χ1v) is 4.11. The average Bonchev–Trinajstić information content (AvgIpc) is 2.04. The van der Waals surface area contributed by atoms with E-state index in [0.29, 0.717) is 6.42 Å². The zero-order valence-electron chi connectivity index (χ0n) is 7.49. The summed E-state index contributed by atoms with van der Waals surface area (Å²) in [4.78, 5) is 0. The van der Waals surface area contributed by atoms with Gasteiger partial charge < -0.3 is 20.5 Å². The molecule has 1 unspecified atom stereocenters. The van der Waals surface area contributed by atoms with Gasteiger partial charge in [-0.3, -0.25) is 0 Å². The van der Waals surface area contributed by atoms with E-state index in [9.17, 15) is 10.4 Å². The van der Waals surface area contributed by atoms with Crippen molar-refractivity contribution in [2.24, 2.45) is 0 Å². The molecule has 1 atom stereocenters. The Kier molecular flexibility index (Phi) is 3.08. The van der Waals surface area contributed by atoms with Gasteiger partial charge >= 0.3 is 0 Å². The summed E-state index contributed by atoms with van der Waals surface area (Å²) in [6, 6.07) is -0.0126. The van der Waals surface area contributed by atoms with Crippen molar-refractivity contribution >= 4 is 0 Å². The quantitative estimate of drug-likeness (QED) is 0.586. The lowest BCUT2D eigenvalue weighted by atomic mass is 9.99. The van der Waals surface area contributed by atoms with Crippen molar-refractivity contribution in [2.75, 3.05) is 14.1 Å². The zero-order chi connectivity index (χ0) is 9.14. The number of allylic oxidation sites excluding steroid dienone is 1. The molecule has 1 rings (SSSR count). The van der Waals surface area contributed by atoms with Crippen molar-refractivity contribution in [3.8, 4) is 0 Å². The molecule has 0 radical (unpaired) electrons. The standard InChI is InChI=1S/C8H14N2O2/c1-9(11)7-4-3-5-8(6-7)10(2)12/h4,8H,3,5-6H2,1-2H3/q-2. The lowest BCUT2D eigenvalue weighted by molar-refractivity contribution is 0.285. The highest BCUT2D eigenvalue weighted by Crippen LogP contribution is 2.22. The monoisotopic (exact) mass is 170 g/mol. The maximum atomic E-state index is 10.9. The highest BCUT2D eigenvalue weighted by Gasteiger charge is 2.14. The van der Waals surface area contributed by atoms with Crippen molar-refractivity contribution in [1.29, 1.82) is 0 Å². The molecule has 0 aromatic rings. The Morgan fingerprint density at radius 3 is 2.58 bits per heavy atom. The van der Waals surface area contributed by atoms with Gasteiger partial charge in [-0.05, 0) is 32.6 Å². The van der Waals surface area contributed by atoms with Gasteiger partial charge in [-0.2, -0.15) is 0 Å². The molecule has 0 amide bonds. The van der Waals surface area contributed by atoms with Crippen LogP contribution in [0.2, 0.25) is 0 Å². The van der Waals surface area contributed by atoms with Crippen LogP contribution in [-0.4, -0.2) is 30.3 Å². The normalized spacial score (nSPS) is 24.1. The van der Waals surface area contributed by atoms with Crippen molar-refractivity contribution in [1.82, 2.24) is 10.1 Å². The average molecular weight is 170 g/mol. The van der Waals surface area contributed by atoms with E-state index >= 15 is 0 Å². The summed E-state index contributed by atoms with van der Waals surface area (Å²) >= 11 is 0. The minimum Gasteiger partial charge on any atom is -0.785 e. The van der Waals surface area contributed by atoms with Crippen LogP contribution in [0.4, 0.5) is 0 Å². The lowest BCUT2D eigenvalue weighted by Crippen LogP contribution is -2.31. The molecule has 0 bridgehead atoms. The van der Waals surface area contributed by atoms with E-state index < -0.39 is 0 Å². The van der Waals surface area contributed by atoms with Crippen LogP contribution in [0.1, 0.15) is 19.3 Å². The van der Waals surface area contributed by atoms with Crippen LogP contribution in [0.25, 0.3) is 0 Å². The fraction of sp³-hybridized carbons (Fsp3) is 0.750. The predicted molar refractivity (Wildman–Crippen MR) is 48.0 cm³/mol. The second-order valence-corrected chi connectivity index (χ2v) is 3.17. The molecule has 0 saturated heterocycles. The van der Waals surface area contributed by atoms with Crippen LogP contribution in [0, 0.1) is 10.4 Å². The van der Waals surface area contributed by atoms with Gasteiger partial charge in [0.2, 0.25) is 0 Å². The minimum absolute atomic E-state index is 0.0126. The number of hydroxylamine groups is 4. The molecular formula is C8H14N2O2-2. The van der Waals surface area contributed by atoms with Gasteiger partial charge in [0.1, 0.15) is 0 Å². The molecule has 70 valence electrons. The van der Waals surface area contributed by atoms with Gasteiger partial charge in [0.05, 0.1) is 0 Å². The molecule has 1 aliphatic carbocycles. The molecule has 0 aromatic carbocycles. The number of nitrogens with zero attached hydrogens (tertiary/aromatic N) is 2. The van der Waals surface area contributed by atoms with E-state index in [1.807, 2.05) is 6.08 Å². The molecule has 0 aromatic heterocycles. The highest BCUT2D eigenvalue weighted by molar-refractivity contribution is 5.07. The first-order chi connectivity index (χ1) is 5.61. The predicted octanol–water partition coefficient (Wildman–Crippen LogP) is 1.28. The summed E-state index contributed by atoms with van der Waals surface area (Å²) in [6.45, 7) is 0.